The van der Waals surface area contributed by atoms with E-state index >= 15 is 0 Å². The summed E-state index contributed by atoms with van der Waals surface area (Å²) in [4.78, 5) is 18.1. The van der Waals surface area contributed by atoms with Crippen molar-refractivity contribution in [2.45, 2.75) is 25.9 Å². The van der Waals surface area contributed by atoms with Gasteiger partial charge in [-0.05, 0) is 39.3 Å². The lowest BCUT2D eigenvalue weighted by Gasteiger charge is -2.29. The molecule has 1 aliphatic heterocycles. The first-order valence-corrected chi connectivity index (χ1v) is 8.23. The topological polar surface area (TPSA) is 79.7 Å². The number of H-pyrrole nitrogens is 1. The van der Waals surface area contributed by atoms with Crippen molar-refractivity contribution in [3.05, 3.63) is 40.3 Å². The van der Waals surface area contributed by atoms with E-state index < -0.39 is 6.04 Å². The summed E-state index contributed by atoms with van der Waals surface area (Å²) >= 11 is 3.58. The number of halogens is 1. The van der Waals surface area contributed by atoms with Gasteiger partial charge in [0, 0.05) is 40.6 Å². The number of benzene rings is 1. The van der Waals surface area contributed by atoms with Crippen molar-refractivity contribution < 1.29 is 4.79 Å². The molecule has 0 aliphatic carbocycles. The van der Waals surface area contributed by atoms with E-state index in [1.165, 1.54) is 27.7 Å². The summed E-state index contributed by atoms with van der Waals surface area (Å²) in [5.74, 6) is 0.0345. The number of aromatic nitrogens is 5. The third-order valence-corrected chi connectivity index (χ3v) is 5.05. The predicted molar refractivity (Wildman–Crippen MR) is 87.6 cm³/mol. The molecule has 0 fully saturated rings. The molecule has 0 spiro atoms. The second-order valence-electron chi connectivity index (χ2n) is 5.72. The van der Waals surface area contributed by atoms with Gasteiger partial charge in [0.05, 0.1) is 5.52 Å². The molecule has 8 heteroatoms. The van der Waals surface area contributed by atoms with E-state index in [2.05, 4.69) is 42.5 Å². The zero-order chi connectivity index (χ0) is 16.0. The average Bonchev–Trinajstić information content (AvgIpc) is 3.21. The molecule has 118 valence electrons. The van der Waals surface area contributed by atoms with Crippen LogP contribution in [-0.4, -0.2) is 42.5 Å². The molecule has 0 radical (unpaired) electrons. The van der Waals surface area contributed by atoms with E-state index in [9.17, 15) is 4.79 Å². The molecule has 1 amide bonds. The quantitative estimate of drug-likeness (QED) is 0.744. The van der Waals surface area contributed by atoms with Crippen LogP contribution in [0.5, 0.6) is 0 Å². The maximum absolute atomic E-state index is 12.7. The van der Waals surface area contributed by atoms with Crippen molar-refractivity contribution >= 4 is 32.7 Å². The van der Waals surface area contributed by atoms with Crippen molar-refractivity contribution in [2.75, 3.05) is 6.54 Å². The number of hydrogen-bond donors (Lipinski definition) is 1. The van der Waals surface area contributed by atoms with Crippen LogP contribution in [-0.2, 0) is 17.8 Å². The summed E-state index contributed by atoms with van der Waals surface area (Å²) in [5.41, 5.74) is 3.51. The SMILES string of the molecule is C[C@@H](C(=O)N1CCc2[nH]c3c(Br)cccc3c2C1)n1cnnn1. The first-order valence-electron chi connectivity index (χ1n) is 7.44. The number of fused-ring (bicyclic) bond motifs is 3. The highest BCUT2D eigenvalue weighted by Crippen LogP contribution is 2.32. The lowest BCUT2D eigenvalue weighted by molar-refractivity contribution is -0.135. The van der Waals surface area contributed by atoms with Gasteiger partial charge < -0.3 is 9.88 Å². The number of nitrogens with one attached hydrogen (secondary N) is 1. The van der Waals surface area contributed by atoms with Gasteiger partial charge in [-0.3, -0.25) is 4.79 Å². The van der Waals surface area contributed by atoms with E-state index in [4.69, 9.17) is 0 Å². The third-order valence-electron chi connectivity index (χ3n) is 4.39. The predicted octanol–water partition coefficient (Wildman–Crippen LogP) is 2.06. The molecular weight excluding hydrogens is 360 g/mol. The van der Waals surface area contributed by atoms with Crippen molar-refractivity contribution in [3.63, 3.8) is 0 Å². The number of rotatable bonds is 2. The monoisotopic (exact) mass is 374 g/mol. The van der Waals surface area contributed by atoms with Crippen LogP contribution in [0.2, 0.25) is 0 Å². The number of carbonyl (C=O) groups excluding carboxylic acids is 1. The fourth-order valence-corrected chi connectivity index (χ4v) is 3.58. The van der Waals surface area contributed by atoms with Crippen LogP contribution < -0.4 is 0 Å². The van der Waals surface area contributed by atoms with Crippen LogP contribution in [0.15, 0.2) is 29.0 Å². The Morgan fingerprint density at radius 3 is 3.09 bits per heavy atom. The summed E-state index contributed by atoms with van der Waals surface area (Å²) in [7, 11) is 0. The second kappa shape index (κ2) is 5.45. The molecule has 1 aliphatic rings. The van der Waals surface area contributed by atoms with E-state index in [0.29, 0.717) is 13.1 Å². The second-order valence-corrected chi connectivity index (χ2v) is 6.57. The van der Waals surface area contributed by atoms with Gasteiger partial charge in [-0.1, -0.05) is 12.1 Å². The number of carbonyl (C=O) groups is 1. The van der Waals surface area contributed by atoms with Crippen LogP contribution in [0.1, 0.15) is 24.2 Å². The van der Waals surface area contributed by atoms with Gasteiger partial charge >= 0.3 is 0 Å². The summed E-state index contributed by atoms with van der Waals surface area (Å²) in [6, 6.07) is 5.73. The third kappa shape index (κ3) is 2.33. The molecule has 0 bridgehead atoms. The molecule has 23 heavy (non-hydrogen) atoms. The van der Waals surface area contributed by atoms with Gasteiger partial charge in [0.15, 0.2) is 0 Å². The Morgan fingerprint density at radius 2 is 2.30 bits per heavy atom. The van der Waals surface area contributed by atoms with E-state index in [-0.39, 0.29) is 5.91 Å². The van der Waals surface area contributed by atoms with Crippen molar-refractivity contribution in [1.29, 1.82) is 0 Å². The zero-order valence-corrected chi connectivity index (χ0v) is 14.1. The standard InChI is InChI=1S/C15H15BrN6O/c1-9(22-8-17-19-20-22)15(23)21-6-5-13-11(7-21)10-3-2-4-12(16)14(10)18-13/h2-4,8-9,18H,5-7H2,1H3/t9-/m0/s1. The smallest absolute Gasteiger partial charge is 0.247 e. The highest BCUT2D eigenvalue weighted by atomic mass is 79.9. The molecule has 3 aromatic rings. The highest BCUT2D eigenvalue weighted by molar-refractivity contribution is 9.10. The van der Waals surface area contributed by atoms with Crippen molar-refractivity contribution in [1.82, 2.24) is 30.1 Å². The Bertz CT molecular complexity index is 872. The Kier molecular flexibility index (Phi) is 3.41. The minimum atomic E-state index is -0.400. The number of tetrazole rings is 1. The van der Waals surface area contributed by atoms with Crippen LogP contribution >= 0.6 is 15.9 Å². The summed E-state index contributed by atoms with van der Waals surface area (Å²) in [5, 5.41) is 12.2. The summed E-state index contributed by atoms with van der Waals surface area (Å²) < 4.78 is 2.54. The minimum absolute atomic E-state index is 0.0345. The van der Waals surface area contributed by atoms with E-state index in [1.54, 1.807) is 0 Å². The molecule has 1 N–H and O–H groups in total. The van der Waals surface area contributed by atoms with Crippen LogP contribution in [0, 0.1) is 0 Å². The molecule has 0 unspecified atom stereocenters. The molecule has 0 saturated carbocycles. The number of aromatic amines is 1. The molecule has 1 atom stereocenters. The lowest BCUT2D eigenvalue weighted by Crippen LogP contribution is -2.39. The first-order chi connectivity index (χ1) is 11.1. The van der Waals surface area contributed by atoms with Crippen LogP contribution in [0.25, 0.3) is 10.9 Å². The van der Waals surface area contributed by atoms with Crippen molar-refractivity contribution in [2.24, 2.45) is 0 Å². The molecule has 2 aromatic heterocycles. The van der Waals surface area contributed by atoms with Gasteiger partial charge in [-0.25, -0.2) is 4.68 Å². The Hall–Kier alpha value is -2.22. The largest absolute Gasteiger partial charge is 0.357 e. The number of hydrogen-bond acceptors (Lipinski definition) is 4. The maximum Gasteiger partial charge on any atom is 0.247 e. The number of para-hydroxylation sites is 1. The Balaban J connectivity index is 1.65. The van der Waals surface area contributed by atoms with E-state index in [1.807, 2.05) is 24.0 Å². The Morgan fingerprint density at radius 1 is 1.43 bits per heavy atom. The molecule has 1 aromatic carbocycles. The molecular formula is C15H15BrN6O. The van der Waals surface area contributed by atoms with E-state index in [0.717, 1.165) is 16.4 Å². The van der Waals surface area contributed by atoms with Gasteiger partial charge in [0.1, 0.15) is 12.4 Å². The number of amides is 1. The minimum Gasteiger partial charge on any atom is -0.357 e. The van der Waals surface area contributed by atoms with Crippen LogP contribution in [0.4, 0.5) is 0 Å². The number of nitrogens with zero attached hydrogens (tertiary/aromatic N) is 5. The highest BCUT2D eigenvalue weighted by Gasteiger charge is 2.28. The fourth-order valence-electron chi connectivity index (χ4n) is 3.11. The molecule has 4 rings (SSSR count). The zero-order valence-electron chi connectivity index (χ0n) is 12.5. The summed E-state index contributed by atoms with van der Waals surface area (Å²) in [6.07, 6.45) is 2.30. The molecule has 0 saturated heterocycles. The lowest BCUT2D eigenvalue weighted by atomic mass is 10.0. The maximum atomic E-state index is 12.7. The van der Waals surface area contributed by atoms with Crippen LogP contribution in [0.3, 0.4) is 0 Å². The van der Waals surface area contributed by atoms with Gasteiger partial charge in [0.25, 0.3) is 0 Å². The Labute approximate surface area is 140 Å². The molecule has 7 nitrogen and oxygen atoms in total. The average molecular weight is 375 g/mol. The van der Waals surface area contributed by atoms with Gasteiger partial charge in [-0.15, -0.1) is 5.10 Å². The van der Waals surface area contributed by atoms with Crippen molar-refractivity contribution in [3.8, 4) is 0 Å². The van der Waals surface area contributed by atoms with Gasteiger partial charge in [0.2, 0.25) is 5.91 Å². The summed E-state index contributed by atoms with van der Waals surface area (Å²) in [6.45, 7) is 3.12. The fraction of sp³-hybridized carbons (Fsp3) is 0.333. The first kappa shape index (κ1) is 14.4. The van der Waals surface area contributed by atoms with Gasteiger partial charge in [-0.2, -0.15) is 0 Å². The molecule has 3 heterocycles. The normalized spacial score (nSPS) is 15.7.